The Labute approximate surface area is 155 Å². The Kier molecular flexibility index (Phi) is 4.10. The molecule has 0 radical (unpaired) electrons. The lowest BCUT2D eigenvalue weighted by atomic mass is 9.45. The number of rotatable bonds is 2. The molecule has 0 saturated heterocycles. The Morgan fingerprint density at radius 3 is 2.35 bits per heavy atom. The van der Waals surface area contributed by atoms with Gasteiger partial charge in [-0.05, 0) is 49.5 Å². The molecule has 0 spiro atoms. The number of fused-ring (bicyclic) bond motifs is 1. The standard InChI is InChI=1S/C23H26O3/c1-7-16-11-12-22(5)20(25)14(3)15(4)21(26)23(22,6)18(16)17-10-8-9-13(2)19(17)24/h7-11,18,24H,1,12H2,2-6H3. The minimum atomic E-state index is -0.975. The van der Waals surface area contributed by atoms with Crippen LogP contribution in [0.3, 0.4) is 0 Å². The summed E-state index contributed by atoms with van der Waals surface area (Å²) in [6.07, 6.45) is 4.24. The Balaban J connectivity index is 2.38. The maximum absolute atomic E-state index is 13.5. The highest BCUT2D eigenvalue weighted by atomic mass is 16.3. The van der Waals surface area contributed by atoms with Gasteiger partial charge in [0.25, 0.3) is 0 Å². The first-order chi connectivity index (χ1) is 12.1. The second-order valence-electron chi connectivity index (χ2n) is 8.00. The summed E-state index contributed by atoms with van der Waals surface area (Å²) in [5.74, 6) is -0.234. The van der Waals surface area contributed by atoms with Crippen molar-refractivity contribution in [3.05, 3.63) is 64.8 Å². The van der Waals surface area contributed by atoms with E-state index < -0.39 is 16.7 Å². The summed E-state index contributed by atoms with van der Waals surface area (Å²) < 4.78 is 0. The number of para-hydroxylation sites is 1. The van der Waals surface area contributed by atoms with E-state index >= 15 is 0 Å². The Bertz CT molecular complexity index is 902. The van der Waals surface area contributed by atoms with Crippen LogP contribution in [0.15, 0.2) is 53.6 Å². The highest BCUT2D eigenvalue weighted by Crippen LogP contribution is 2.62. The van der Waals surface area contributed by atoms with E-state index in [0.29, 0.717) is 23.1 Å². The van der Waals surface area contributed by atoms with Gasteiger partial charge in [-0.2, -0.15) is 0 Å². The number of carbonyl (C=O) groups is 2. The minimum Gasteiger partial charge on any atom is -0.507 e. The highest BCUT2D eigenvalue weighted by molar-refractivity contribution is 6.17. The van der Waals surface area contributed by atoms with Gasteiger partial charge in [0, 0.05) is 16.9 Å². The number of aryl methyl sites for hydroxylation is 1. The number of benzene rings is 1. The summed E-state index contributed by atoms with van der Waals surface area (Å²) in [5, 5.41) is 10.8. The molecule has 1 aromatic rings. The zero-order valence-corrected chi connectivity index (χ0v) is 16.1. The first kappa shape index (κ1) is 18.4. The molecule has 1 N–H and O–H groups in total. The quantitative estimate of drug-likeness (QED) is 0.833. The summed E-state index contributed by atoms with van der Waals surface area (Å²) in [6, 6.07) is 5.56. The molecule has 0 fully saturated rings. The molecule has 2 aliphatic carbocycles. The first-order valence-electron chi connectivity index (χ1n) is 8.99. The van der Waals surface area contributed by atoms with Gasteiger partial charge in [-0.3, -0.25) is 9.59 Å². The largest absolute Gasteiger partial charge is 0.507 e. The van der Waals surface area contributed by atoms with Gasteiger partial charge in [0.2, 0.25) is 0 Å². The average Bonchev–Trinajstić information content (AvgIpc) is 2.63. The van der Waals surface area contributed by atoms with Crippen molar-refractivity contribution in [3.8, 4) is 5.75 Å². The molecule has 0 saturated carbocycles. The summed E-state index contributed by atoms with van der Waals surface area (Å²) in [4.78, 5) is 26.8. The summed E-state index contributed by atoms with van der Waals surface area (Å²) in [7, 11) is 0. The van der Waals surface area contributed by atoms with Crippen molar-refractivity contribution in [3.63, 3.8) is 0 Å². The van der Waals surface area contributed by atoms with Gasteiger partial charge in [0.05, 0.1) is 5.41 Å². The molecule has 136 valence electrons. The fourth-order valence-corrected chi connectivity index (χ4v) is 4.76. The van der Waals surface area contributed by atoms with Crippen LogP contribution in [0.2, 0.25) is 0 Å². The number of aromatic hydroxyl groups is 1. The number of carbonyl (C=O) groups excluding carboxylic acids is 2. The van der Waals surface area contributed by atoms with Crippen LogP contribution in [0.25, 0.3) is 0 Å². The lowest BCUT2D eigenvalue weighted by Gasteiger charge is -2.54. The summed E-state index contributed by atoms with van der Waals surface area (Å²) in [6.45, 7) is 13.0. The number of Topliss-reactive ketones (excluding diaryl/α,β-unsaturated/α-hetero) is 2. The maximum Gasteiger partial charge on any atom is 0.166 e. The monoisotopic (exact) mass is 350 g/mol. The molecule has 3 rings (SSSR count). The zero-order chi connectivity index (χ0) is 19.4. The number of hydrogen-bond donors (Lipinski definition) is 1. The maximum atomic E-state index is 13.5. The van der Waals surface area contributed by atoms with Gasteiger partial charge < -0.3 is 5.11 Å². The number of phenols is 1. The Morgan fingerprint density at radius 2 is 1.73 bits per heavy atom. The second kappa shape index (κ2) is 5.80. The second-order valence-corrected chi connectivity index (χ2v) is 8.00. The Hall–Kier alpha value is -2.42. The van der Waals surface area contributed by atoms with E-state index in [-0.39, 0.29) is 17.3 Å². The molecule has 0 amide bonds. The molecule has 3 unspecified atom stereocenters. The predicted molar refractivity (Wildman–Crippen MR) is 103 cm³/mol. The van der Waals surface area contributed by atoms with Gasteiger partial charge in [-0.25, -0.2) is 0 Å². The molecule has 0 heterocycles. The molecule has 3 heteroatoms. The van der Waals surface area contributed by atoms with Crippen molar-refractivity contribution in [1.82, 2.24) is 0 Å². The van der Waals surface area contributed by atoms with E-state index in [1.54, 1.807) is 19.9 Å². The van der Waals surface area contributed by atoms with Crippen LogP contribution in [0.4, 0.5) is 0 Å². The van der Waals surface area contributed by atoms with Gasteiger partial charge >= 0.3 is 0 Å². The van der Waals surface area contributed by atoms with E-state index in [9.17, 15) is 14.7 Å². The fraction of sp³-hybridized carbons (Fsp3) is 0.391. The van der Waals surface area contributed by atoms with Crippen LogP contribution in [0.1, 0.15) is 51.2 Å². The summed E-state index contributed by atoms with van der Waals surface area (Å²) in [5.41, 5.74) is 1.57. The number of hydrogen-bond acceptors (Lipinski definition) is 3. The topological polar surface area (TPSA) is 54.4 Å². The van der Waals surface area contributed by atoms with E-state index in [2.05, 4.69) is 6.58 Å². The molecule has 0 aliphatic heterocycles. The number of phenolic OH excluding ortho intramolecular Hbond substituents is 1. The average molecular weight is 350 g/mol. The van der Waals surface area contributed by atoms with E-state index in [0.717, 1.165) is 11.1 Å². The van der Waals surface area contributed by atoms with Crippen LogP contribution < -0.4 is 0 Å². The number of ketones is 2. The third-order valence-corrected chi connectivity index (χ3v) is 6.84. The molecule has 3 nitrogen and oxygen atoms in total. The van der Waals surface area contributed by atoms with E-state index in [1.165, 1.54) is 0 Å². The molecule has 0 aromatic heterocycles. The molecule has 0 bridgehead atoms. The van der Waals surface area contributed by atoms with Crippen molar-refractivity contribution in [2.75, 3.05) is 0 Å². The van der Waals surface area contributed by atoms with Crippen molar-refractivity contribution in [1.29, 1.82) is 0 Å². The zero-order valence-electron chi connectivity index (χ0n) is 16.1. The molecular formula is C23H26O3. The Morgan fingerprint density at radius 1 is 1.12 bits per heavy atom. The molecule has 26 heavy (non-hydrogen) atoms. The fourth-order valence-electron chi connectivity index (χ4n) is 4.76. The van der Waals surface area contributed by atoms with Crippen molar-refractivity contribution >= 4 is 11.6 Å². The van der Waals surface area contributed by atoms with Crippen molar-refractivity contribution in [2.45, 2.75) is 47.0 Å². The predicted octanol–water partition coefficient (Wildman–Crippen LogP) is 4.80. The lowest BCUT2D eigenvalue weighted by molar-refractivity contribution is -0.147. The highest BCUT2D eigenvalue weighted by Gasteiger charge is 2.63. The van der Waals surface area contributed by atoms with Crippen molar-refractivity contribution in [2.24, 2.45) is 10.8 Å². The van der Waals surface area contributed by atoms with E-state index in [1.807, 2.05) is 45.0 Å². The van der Waals surface area contributed by atoms with Gasteiger partial charge in [0.15, 0.2) is 11.6 Å². The third-order valence-electron chi connectivity index (χ3n) is 6.84. The third kappa shape index (κ3) is 2.06. The van der Waals surface area contributed by atoms with Crippen LogP contribution in [0, 0.1) is 17.8 Å². The van der Waals surface area contributed by atoms with Gasteiger partial charge in [-0.1, -0.05) is 50.8 Å². The van der Waals surface area contributed by atoms with Gasteiger partial charge in [-0.15, -0.1) is 0 Å². The van der Waals surface area contributed by atoms with Crippen LogP contribution in [-0.4, -0.2) is 16.7 Å². The molecule has 3 atom stereocenters. The first-order valence-corrected chi connectivity index (χ1v) is 8.99. The van der Waals surface area contributed by atoms with Crippen LogP contribution in [0.5, 0.6) is 5.75 Å². The molecule has 1 aromatic carbocycles. The van der Waals surface area contributed by atoms with Crippen LogP contribution in [-0.2, 0) is 9.59 Å². The van der Waals surface area contributed by atoms with Crippen molar-refractivity contribution < 1.29 is 14.7 Å². The SMILES string of the molecule is C=CC1=CCC2(C)C(=O)C(C)=C(C)C(=O)C2(C)C1c1cccc(C)c1O. The normalized spacial score (nSPS) is 31.6. The van der Waals surface area contributed by atoms with Crippen LogP contribution >= 0.6 is 0 Å². The number of allylic oxidation sites excluding steroid dienone is 5. The smallest absolute Gasteiger partial charge is 0.166 e. The van der Waals surface area contributed by atoms with Gasteiger partial charge in [0.1, 0.15) is 5.75 Å². The molecular weight excluding hydrogens is 324 g/mol. The van der Waals surface area contributed by atoms with E-state index in [4.69, 9.17) is 0 Å². The minimum absolute atomic E-state index is 0.0181. The summed E-state index contributed by atoms with van der Waals surface area (Å²) >= 11 is 0. The lowest BCUT2D eigenvalue weighted by Crippen LogP contribution is -2.57. The molecule has 2 aliphatic rings.